The van der Waals surface area contributed by atoms with Crippen LogP contribution in [0.3, 0.4) is 0 Å². The van der Waals surface area contributed by atoms with Crippen LogP contribution in [0.2, 0.25) is 0 Å². The van der Waals surface area contributed by atoms with Gasteiger partial charge in [0.15, 0.2) is 23.5 Å². The summed E-state index contributed by atoms with van der Waals surface area (Å²) in [6, 6.07) is 20.7. The molecule has 6 rings (SSSR count). The van der Waals surface area contributed by atoms with Gasteiger partial charge in [-0.1, -0.05) is 24.3 Å². The van der Waals surface area contributed by atoms with Crippen molar-refractivity contribution in [3.8, 4) is 11.3 Å². The van der Waals surface area contributed by atoms with Gasteiger partial charge in [0.1, 0.15) is 5.52 Å². The topological polar surface area (TPSA) is 101 Å². The first-order chi connectivity index (χ1) is 18.5. The smallest absolute Gasteiger partial charge is 0.291 e. The molecule has 4 heterocycles. The zero-order valence-corrected chi connectivity index (χ0v) is 20.9. The van der Waals surface area contributed by atoms with E-state index in [2.05, 4.69) is 15.3 Å². The quantitative estimate of drug-likeness (QED) is 0.311. The molecule has 0 atom stereocenters. The SMILES string of the molecule is Cc1ccc2oc(C(=O)Nc3ccc(C4CCN(C(=O)c5cccc(-c6cnco6)c5)CC4)cc3)cc2n1. The predicted molar refractivity (Wildman–Crippen MR) is 143 cm³/mol. The highest BCUT2D eigenvalue weighted by Gasteiger charge is 2.25. The molecule has 1 saturated heterocycles. The molecule has 2 amide bonds. The molecule has 1 aliphatic heterocycles. The number of hydrogen-bond acceptors (Lipinski definition) is 6. The Morgan fingerprint density at radius 3 is 2.58 bits per heavy atom. The van der Waals surface area contributed by atoms with Crippen molar-refractivity contribution < 1.29 is 18.4 Å². The fraction of sp³-hybridized carbons (Fsp3) is 0.200. The van der Waals surface area contributed by atoms with E-state index >= 15 is 0 Å². The van der Waals surface area contributed by atoms with E-state index in [1.54, 1.807) is 12.3 Å². The number of oxazole rings is 1. The molecule has 1 N–H and O–H groups in total. The Kier molecular flexibility index (Phi) is 6.21. The van der Waals surface area contributed by atoms with Gasteiger partial charge in [-0.3, -0.25) is 9.59 Å². The van der Waals surface area contributed by atoms with E-state index in [1.807, 2.05) is 72.5 Å². The summed E-state index contributed by atoms with van der Waals surface area (Å²) in [6.45, 7) is 3.28. The maximum Gasteiger partial charge on any atom is 0.291 e. The van der Waals surface area contributed by atoms with Crippen LogP contribution in [0.4, 0.5) is 5.69 Å². The third kappa shape index (κ3) is 4.80. The maximum absolute atomic E-state index is 13.1. The molecule has 0 bridgehead atoms. The van der Waals surface area contributed by atoms with Crippen molar-refractivity contribution in [2.75, 3.05) is 18.4 Å². The summed E-state index contributed by atoms with van der Waals surface area (Å²) in [6.07, 6.45) is 4.78. The largest absolute Gasteiger partial charge is 0.449 e. The van der Waals surface area contributed by atoms with Crippen molar-refractivity contribution in [2.24, 2.45) is 0 Å². The Labute approximate surface area is 219 Å². The Hall–Kier alpha value is -4.72. The number of aromatic nitrogens is 2. The highest BCUT2D eigenvalue weighted by molar-refractivity contribution is 6.04. The molecule has 190 valence electrons. The van der Waals surface area contributed by atoms with Crippen molar-refractivity contribution in [2.45, 2.75) is 25.7 Å². The first kappa shape index (κ1) is 23.7. The standard InChI is InChI=1S/C30H26N4O4/c1-19-5-10-26-25(32-19)16-27(38-26)29(35)33-24-8-6-20(7-9-24)21-11-13-34(14-12-21)30(36)23-4-2-3-22(15-23)28-17-31-18-37-28/h2-10,15-18,21H,11-14H2,1H3,(H,33,35). The number of rotatable bonds is 5. The number of hydrogen-bond donors (Lipinski definition) is 1. The molecule has 0 spiro atoms. The van der Waals surface area contributed by atoms with E-state index in [0.717, 1.165) is 24.1 Å². The number of furan rings is 1. The second kappa shape index (κ2) is 9.97. The Balaban J connectivity index is 1.06. The number of pyridine rings is 1. The molecule has 38 heavy (non-hydrogen) atoms. The number of nitrogens with one attached hydrogen (secondary N) is 1. The maximum atomic E-state index is 13.1. The van der Waals surface area contributed by atoms with Crippen LogP contribution in [-0.2, 0) is 0 Å². The number of carbonyl (C=O) groups excluding carboxylic acids is 2. The van der Waals surface area contributed by atoms with Crippen LogP contribution >= 0.6 is 0 Å². The molecule has 0 radical (unpaired) electrons. The van der Waals surface area contributed by atoms with Crippen molar-refractivity contribution >= 4 is 28.6 Å². The molecule has 0 unspecified atom stereocenters. The van der Waals surface area contributed by atoms with Crippen LogP contribution in [0, 0.1) is 6.92 Å². The number of anilines is 1. The van der Waals surface area contributed by atoms with E-state index in [4.69, 9.17) is 8.83 Å². The highest BCUT2D eigenvalue weighted by Crippen LogP contribution is 2.30. The zero-order valence-electron chi connectivity index (χ0n) is 20.9. The molecular formula is C30H26N4O4. The fourth-order valence-corrected chi connectivity index (χ4v) is 4.93. The van der Waals surface area contributed by atoms with E-state index in [9.17, 15) is 9.59 Å². The Morgan fingerprint density at radius 2 is 1.82 bits per heavy atom. The third-order valence-electron chi connectivity index (χ3n) is 6.99. The van der Waals surface area contributed by atoms with Crippen molar-refractivity contribution in [1.29, 1.82) is 0 Å². The fourth-order valence-electron chi connectivity index (χ4n) is 4.93. The van der Waals surface area contributed by atoms with Crippen LogP contribution in [0.25, 0.3) is 22.4 Å². The lowest BCUT2D eigenvalue weighted by Crippen LogP contribution is -2.37. The molecule has 1 aliphatic rings. The Bertz CT molecular complexity index is 1600. The molecule has 8 heteroatoms. The van der Waals surface area contributed by atoms with Crippen LogP contribution in [0.15, 0.2) is 88.2 Å². The number of nitrogens with zero attached hydrogens (tertiary/aromatic N) is 3. The van der Waals surface area contributed by atoms with Gasteiger partial charge in [0.05, 0.1) is 6.20 Å². The predicted octanol–water partition coefficient (Wildman–Crippen LogP) is 6.06. The van der Waals surface area contributed by atoms with Gasteiger partial charge in [-0.05, 0) is 67.6 Å². The van der Waals surface area contributed by atoms with Gasteiger partial charge in [-0.15, -0.1) is 0 Å². The van der Waals surface area contributed by atoms with Gasteiger partial charge in [-0.2, -0.15) is 0 Å². The lowest BCUT2D eigenvalue weighted by atomic mass is 9.89. The normalized spacial score (nSPS) is 14.1. The average Bonchev–Trinajstić information content (AvgIpc) is 3.64. The van der Waals surface area contributed by atoms with Crippen LogP contribution in [-0.4, -0.2) is 39.8 Å². The molecule has 3 aromatic heterocycles. The summed E-state index contributed by atoms with van der Waals surface area (Å²) in [7, 11) is 0. The second-order valence-electron chi connectivity index (χ2n) is 9.54. The number of piperidine rings is 1. The van der Waals surface area contributed by atoms with Gasteiger partial charge in [0.25, 0.3) is 11.8 Å². The number of amides is 2. The summed E-state index contributed by atoms with van der Waals surface area (Å²) >= 11 is 0. The molecule has 1 fully saturated rings. The van der Waals surface area contributed by atoms with Crippen LogP contribution < -0.4 is 5.32 Å². The van der Waals surface area contributed by atoms with Crippen molar-refractivity contribution in [3.63, 3.8) is 0 Å². The number of benzene rings is 2. The molecule has 0 aliphatic carbocycles. The zero-order chi connectivity index (χ0) is 26.1. The molecular weight excluding hydrogens is 480 g/mol. The second-order valence-corrected chi connectivity index (χ2v) is 9.54. The first-order valence-corrected chi connectivity index (χ1v) is 12.6. The van der Waals surface area contributed by atoms with Gasteiger partial charge >= 0.3 is 0 Å². The molecule has 8 nitrogen and oxygen atoms in total. The first-order valence-electron chi connectivity index (χ1n) is 12.6. The summed E-state index contributed by atoms with van der Waals surface area (Å²) in [5, 5.41) is 2.89. The molecule has 0 saturated carbocycles. The lowest BCUT2D eigenvalue weighted by Gasteiger charge is -2.32. The van der Waals surface area contributed by atoms with Gasteiger partial charge in [0, 0.05) is 41.7 Å². The van der Waals surface area contributed by atoms with E-state index < -0.39 is 0 Å². The number of carbonyl (C=O) groups is 2. The minimum Gasteiger partial charge on any atom is -0.449 e. The number of fused-ring (bicyclic) bond motifs is 1. The monoisotopic (exact) mass is 506 g/mol. The lowest BCUT2D eigenvalue weighted by molar-refractivity contribution is 0.0713. The number of likely N-dealkylation sites (tertiary alicyclic amines) is 1. The average molecular weight is 507 g/mol. The summed E-state index contributed by atoms with van der Waals surface area (Å²) < 4.78 is 11.0. The minimum absolute atomic E-state index is 0.0267. The molecule has 5 aromatic rings. The summed E-state index contributed by atoms with van der Waals surface area (Å²) in [4.78, 5) is 36.1. The van der Waals surface area contributed by atoms with Crippen LogP contribution in [0.5, 0.6) is 0 Å². The van der Waals surface area contributed by atoms with Crippen molar-refractivity contribution in [1.82, 2.24) is 14.9 Å². The van der Waals surface area contributed by atoms with Gasteiger partial charge < -0.3 is 19.1 Å². The highest BCUT2D eigenvalue weighted by atomic mass is 16.3. The Morgan fingerprint density at radius 1 is 1.00 bits per heavy atom. The van der Waals surface area contributed by atoms with Gasteiger partial charge in [0.2, 0.25) is 0 Å². The summed E-state index contributed by atoms with van der Waals surface area (Å²) in [5.74, 6) is 0.939. The minimum atomic E-state index is -0.312. The van der Waals surface area contributed by atoms with E-state index in [0.29, 0.717) is 47.1 Å². The molecule has 2 aromatic carbocycles. The van der Waals surface area contributed by atoms with E-state index in [1.165, 1.54) is 12.0 Å². The van der Waals surface area contributed by atoms with E-state index in [-0.39, 0.29) is 17.6 Å². The van der Waals surface area contributed by atoms with Gasteiger partial charge in [-0.25, -0.2) is 9.97 Å². The van der Waals surface area contributed by atoms with Crippen molar-refractivity contribution in [3.05, 3.63) is 102 Å². The van der Waals surface area contributed by atoms with Crippen LogP contribution in [0.1, 0.15) is 50.9 Å². The third-order valence-corrected chi connectivity index (χ3v) is 6.99. The summed E-state index contributed by atoms with van der Waals surface area (Å²) in [5.41, 5.74) is 5.50. The number of aryl methyl sites for hydroxylation is 1.